The lowest BCUT2D eigenvalue weighted by molar-refractivity contribution is 0.628. The number of thiazole rings is 1. The Bertz CT molecular complexity index is 470. The van der Waals surface area contributed by atoms with E-state index in [1.807, 2.05) is 0 Å². The molecular formula is C9H6ClFN2S. The number of nitrogen functional groups attached to an aromatic ring is 1. The number of nitrogens with two attached hydrogens (primary N) is 1. The Morgan fingerprint density at radius 1 is 1.43 bits per heavy atom. The normalized spacial score (nSPS) is 10.4. The molecule has 0 fully saturated rings. The van der Waals surface area contributed by atoms with Crippen LogP contribution in [-0.4, -0.2) is 4.98 Å². The molecule has 0 saturated carbocycles. The topological polar surface area (TPSA) is 38.9 Å². The summed E-state index contributed by atoms with van der Waals surface area (Å²) in [7, 11) is 0. The van der Waals surface area contributed by atoms with Gasteiger partial charge in [0.2, 0.25) is 0 Å². The summed E-state index contributed by atoms with van der Waals surface area (Å²) in [4.78, 5) is 4.04. The molecule has 0 unspecified atom stereocenters. The number of halogens is 2. The SMILES string of the molecule is Nc1nc(-c2ccc(Cl)c(F)c2)cs1. The van der Waals surface area contributed by atoms with Crippen LogP contribution in [-0.2, 0) is 0 Å². The lowest BCUT2D eigenvalue weighted by Gasteiger charge is -1.97. The van der Waals surface area contributed by atoms with Gasteiger partial charge < -0.3 is 5.73 Å². The van der Waals surface area contributed by atoms with Crippen LogP contribution in [0.25, 0.3) is 11.3 Å². The van der Waals surface area contributed by atoms with Crippen molar-refractivity contribution in [2.24, 2.45) is 0 Å². The highest BCUT2D eigenvalue weighted by Crippen LogP contribution is 2.26. The van der Waals surface area contributed by atoms with Gasteiger partial charge in [0.1, 0.15) is 5.82 Å². The molecule has 1 aromatic carbocycles. The summed E-state index contributed by atoms with van der Waals surface area (Å²) in [5.74, 6) is -0.448. The summed E-state index contributed by atoms with van der Waals surface area (Å²) in [6.45, 7) is 0. The standard InChI is InChI=1S/C9H6ClFN2S/c10-6-2-1-5(3-7(6)11)8-4-14-9(12)13-8/h1-4H,(H2,12,13). The molecule has 0 bridgehead atoms. The van der Waals surface area contributed by atoms with Gasteiger partial charge in [0.15, 0.2) is 5.13 Å². The number of hydrogen-bond donors (Lipinski definition) is 1. The van der Waals surface area contributed by atoms with Crippen LogP contribution in [0.2, 0.25) is 5.02 Å². The zero-order valence-corrected chi connectivity index (χ0v) is 8.57. The average Bonchev–Trinajstić information content (AvgIpc) is 2.57. The first-order chi connectivity index (χ1) is 6.66. The molecule has 0 aliphatic heterocycles. The molecule has 72 valence electrons. The van der Waals surface area contributed by atoms with E-state index in [2.05, 4.69) is 4.98 Å². The Balaban J connectivity index is 2.47. The maximum absolute atomic E-state index is 13.1. The number of rotatable bonds is 1. The summed E-state index contributed by atoms with van der Waals surface area (Å²) in [5.41, 5.74) is 6.82. The zero-order chi connectivity index (χ0) is 10.1. The minimum Gasteiger partial charge on any atom is -0.375 e. The molecule has 0 amide bonds. The highest BCUT2D eigenvalue weighted by molar-refractivity contribution is 7.13. The van der Waals surface area contributed by atoms with Crippen molar-refractivity contribution in [2.45, 2.75) is 0 Å². The van der Waals surface area contributed by atoms with E-state index in [0.29, 0.717) is 16.4 Å². The largest absolute Gasteiger partial charge is 0.375 e. The van der Waals surface area contributed by atoms with Gasteiger partial charge in [-0.3, -0.25) is 0 Å². The van der Waals surface area contributed by atoms with Crippen molar-refractivity contribution >= 4 is 28.1 Å². The van der Waals surface area contributed by atoms with E-state index in [0.717, 1.165) is 0 Å². The fourth-order valence-corrected chi connectivity index (χ4v) is 1.77. The molecule has 1 aromatic heterocycles. The molecule has 14 heavy (non-hydrogen) atoms. The highest BCUT2D eigenvalue weighted by atomic mass is 35.5. The second-order valence-electron chi connectivity index (χ2n) is 2.70. The van der Waals surface area contributed by atoms with Gasteiger partial charge in [0.25, 0.3) is 0 Å². The quantitative estimate of drug-likeness (QED) is 0.814. The van der Waals surface area contributed by atoms with E-state index in [9.17, 15) is 4.39 Å². The summed E-state index contributed by atoms with van der Waals surface area (Å²) in [6, 6.07) is 4.55. The first-order valence-corrected chi connectivity index (χ1v) is 5.09. The van der Waals surface area contributed by atoms with E-state index in [1.54, 1.807) is 11.4 Å². The Morgan fingerprint density at radius 3 is 2.79 bits per heavy atom. The highest BCUT2D eigenvalue weighted by Gasteiger charge is 2.05. The van der Waals surface area contributed by atoms with Gasteiger partial charge in [-0.05, 0) is 12.1 Å². The van der Waals surface area contributed by atoms with Gasteiger partial charge in [0, 0.05) is 10.9 Å². The van der Waals surface area contributed by atoms with Crippen LogP contribution in [0.4, 0.5) is 9.52 Å². The van der Waals surface area contributed by atoms with Crippen LogP contribution in [0.15, 0.2) is 23.6 Å². The molecule has 2 nitrogen and oxygen atoms in total. The van der Waals surface area contributed by atoms with Crippen molar-refractivity contribution in [1.82, 2.24) is 4.98 Å². The Kier molecular flexibility index (Phi) is 2.39. The monoisotopic (exact) mass is 228 g/mol. The van der Waals surface area contributed by atoms with Gasteiger partial charge in [0.05, 0.1) is 10.7 Å². The van der Waals surface area contributed by atoms with E-state index < -0.39 is 5.82 Å². The van der Waals surface area contributed by atoms with Crippen molar-refractivity contribution in [2.75, 3.05) is 5.73 Å². The predicted octanol–water partition coefficient (Wildman–Crippen LogP) is 3.18. The van der Waals surface area contributed by atoms with Crippen molar-refractivity contribution in [3.63, 3.8) is 0 Å². The first-order valence-electron chi connectivity index (χ1n) is 3.83. The fourth-order valence-electron chi connectivity index (χ4n) is 1.08. The predicted molar refractivity (Wildman–Crippen MR) is 56.9 cm³/mol. The molecule has 0 aliphatic rings. The number of nitrogens with zero attached hydrogens (tertiary/aromatic N) is 1. The number of aromatic nitrogens is 1. The number of anilines is 1. The molecule has 1 heterocycles. The van der Waals surface area contributed by atoms with E-state index in [1.165, 1.54) is 23.5 Å². The Morgan fingerprint density at radius 2 is 2.21 bits per heavy atom. The van der Waals surface area contributed by atoms with Gasteiger partial charge in [-0.1, -0.05) is 17.7 Å². The van der Waals surface area contributed by atoms with Crippen LogP contribution in [0.1, 0.15) is 0 Å². The van der Waals surface area contributed by atoms with Crippen molar-refractivity contribution in [3.8, 4) is 11.3 Å². The molecule has 2 N–H and O–H groups in total. The molecule has 0 radical (unpaired) electrons. The molecule has 0 aliphatic carbocycles. The third-order valence-corrected chi connectivity index (χ3v) is 2.72. The van der Waals surface area contributed by atoms with E-state index in [-0.39, 0.29) is 5.02 Å². The summed E-state index contributed by atoms with van der Waals surface area (Å²) in [6.07, 6.45) is 0. The lowest BCUT2D eigenvalue weighted by atomic mass is 10.2. The molecule has 0 atom stereocenters. The van der Waals surface area contributed by atoms with Crippen molar-refractivity contribution < 1.29 is 4.39 Å². The van der Waals surface area contributed by atoms with Gasteiger partial charge in [-0.15, -0.1) is 11.3 Å². The Labute approximate surface area is 89.2 Å². The Hall–Kier alpha value is -1.13. The minimum atomic E-state index is -0.448. The molecule has 2 rings (SSSR count). The molecule has 0 saturated heterocycles. The number of benzene rings is 1. The van der Waals surface area contributed by atoms with Gasteiger partial charge in [-0.25, -0.2) is 9.37 Å². The van der Waals surface area contributed by atoms with Crippen LogP contribution in [0.5, 0.6) is 0 Å². The van der Waals surface area contributed by atoms with Crippen LogP contribution in [0, 0.1) is 5.82 Å². The fraction of sp³-hybridized carbons (Fsp3) is 0. The second kappa shape index (κ2) is 3.55. The smallest absolute Gasteiger partial charge is 0.180 e. The molecule has 2 aromatic rings. The second-order valence-corrected chi connectivity index (χ2v) is 4.00. The molecule has 5 heteroatoms. The van der Waals surface area contributed by atoms with Crippen molar-refractivity contribution in [3.05, 3.63) is 34.4 Å². The summed E-state index contributed by atoms with van der Waals surface area (Å²) in [5, 5.41) is 2.35. The van der Waals surface area contributed by atoms with Crippen LogP contribution in [0.3, 0.4) is 0 Å². The summed E-state index contributed by atoms with van der Waals surface area (Å²) < 4.78 is 13.1. The molecule has 0 spiro atoms. The maximum Gasteiger partial charge on any atom is 0.180 e. The van der Waals surface area contributed by atoms with Crippen LogP contribution < -0.4 is 5.73 Å². The van der Waals surface area contributed by atoms with Gasteiger partial charge in [-0.2, -0.15) is 0 Å². The molecular weight excluding hydrogens is 223 g/mol. The third-order valence-electron chi connectivity index (χ3n) is 1.74. The third kappa shape index (κ3) is 1.71. The lowest BCUT2D eigenvalue weighted by Crippen LogP contribution is -1.84. The van der Waals surface area contributed by atoms with E-state index >= 15 is 0 Å². The first kappa shape index (κ1) is 9.43. The summed E-state index contributed by atoms with van der Waals surface area (Å²) >= 11 is 6.88. The van der Waals surface area contributed by atoms with Crippen molar-refractivity contribution in [1.29, 1.82) is 0 Å². The maximum atomic E-state index is 13.1. The average molecular weight is 229 g/mol. The van der Waals surface area contributed by atoms with Gasteiger partial charge >= 0.3 is 0 Å². The zero-order valence-electron chi connectivity index (χ0n) is 7.00. The minimum absolute atomic E-state index is 0.108. The van der Waals surface area contributed by atoms with Crippen LogP contribution >= 0.6 is 22.9 Å². The van der Waals surface area contributed by atoms with E-state index in [4.69, 9.17) is 17.3 Å². The number of hydrogen-bond acceptors (Lipinski definition) is 3.